The maximum absolute atomic E-state index is 13.2. The summed E-state index contributed by atoms with van der Waals surface area (Å²) in [5.74, 6) is 1.39. The first-order valence-electron chi connectivity index (χ1n) is 11.8. The third-order valence-electron chi connectivity index (χ3n) is 6.76. The molecule has 0 aromatic heterocycles. The Morgan fingerprint density at radius 3 is 2.71 bits per heavy atom. The molecule has 0 amide bonds. The van der Waals surface area contributed by atoms with Gasteiger partial charge in [-0.05, 0) is 88.6 Å². The Bertz CT molecular complexity index is 747. The number of aliphatic hydroxyl groups excluding tert-OH is 2. The van der Waals surface area contributed by atoms with Crippen LogP contribution in [0.1, 0.15) is 74.7 Å². The van der Waals surface area contributed by atoms with Crippen molar-refractivity contribution >= 4 is 11.5 Å². The summed E-state index contributed by atoms with van der Waals surface area (Å²) in [6, 6.07) is 5.96. The number of fused-ring (bicyclic) bond motifs is 1. The van der Waals surface area contributed by atoms with E-state index >= 15 is 0 Å². The van der Waals surface area contributed by atoms with Crippen LogP contribution in [-0.2, 0) is 4.74 Å². The molecular formula is C25H40N2O4. The van der Waals surface area contributed by atoms with Gasteiger partial charge >= 0.3 is 0 Å². The maximum atomic E-state index is 13.2. The molecule has 174 valence electrons. The number of hydrogen-bond donors (Lipinski definition) is 3. The van der Waals surface area contributed by atoms with Crippen LogP contribution >= 0.6 is 0 Å². The molecule has 3 unspecified atom stereocenters. The van der Waals surface area contributed by atoms with Crippen LogP contribution in [0.2, 0.25) is 0 Å². The van der Waals surface area contributed by atoms with Crippen LogP contribution in [0.4, 0.5) is 5.69 Å². The highest BCUT2D eigenvalue weighted by Gasteiger charge is 2.37. The van der Waals surface area contributed by atoms with E-state index in [1.54, 1.807) is 0 Å². The number of hydrogen-bond acceptors (Lipinski definition) is 6. The monoisotopic (exact) mass is 432 g/mol. The van der Waals surface area contributed by atoms with Gasteiger partial charge in [-0.25, -0.2) is 0 Å². The predicted octanol–water partition coefficient (Wildman–Crippen LogP) is 3.43. The summed E-state index contributed by atoms with van der Waals surface area (Å²) in [6.45, 7) is 7.66. The summed E-state index contributed by atoms with van der Waals surface area (Å²) in [5.41, 5.74) is 2.44. The first-order chi connectivity index (χ1) is 14.7. The number of anilines is 1. The normalized spacial score (nSPS) is 22.5. The number of carbonyl (C=O) groups excluding carboxylic acids is 1. The number of ether oxygens (including phenoxy) is 1. The summed E-state index contributed by atoms with van der Waals surface area (Å²) < 4.78 is 5.73. The Hall–Kier alpha value is -1.47. The van der Waals surface area contributed by atoms with Crippen LogP contribution in [0.15, 0.2) is 18.2 Å². The summed E-state index contributed by atoms with van der Waals surface area (Å²) in [6.07, 6.45) is 4.35. The van der Waals surface area contributed by atoms with Gasteiger partial charge in [0.1, 0.15) is 0 Å². The molecule has 2 aliphatic carbocycles. The van der Waals surface area contributed by atoms with Crippen molar-refractivity contribution in [3.8, 4) is 0 Å². The third-order valence-corrected chi connectivity index (χ3v) is 6.76. The Labute approximate surface area is 187 Å². The zero-order valence-electron chi connectivity index (χ0n) is 19.6. The highest BCUT2D eigenvalue weighted by molar-refractivity contribution is 6.03. The molecule has 6 heteroatoms. The second kappa shape index (κ2) is 10.4. The standard InChI is InChI=1S/C25H40N2O4/c1-5-18-12-23(27(4)15-17-6-7-17)24(30)21-9-8-19(13-22(18)21)26-14-20(29)16-31-25(2,3)10-11-28/h8-9,13,17-18,20,23,26,28-29H,5-7,10-12,14-16H2,1-4H3. The third kappa shape index (κ3) is 6.51. The second-order valence-corrected chi connectivity index (χ2v) is 9.98. The zero-order valence-corrected chi connectivity index (χ0v) is 19.6. The van der Waals surface area contributed by atoms with Gasteiger partial charge in [0.25, 0.3) is 0 Å². The lowest BCUT2D eigenvalue weighted by Gasteiger charge is -2.35. The summed E-state index contributed by atoms with van der Waals surface area (Å²) in [5, 5.41) is 22.7. The fraction of sp³-hybridized carbons (Fsp3) is 0.720. The Morgan fingerprint density at radius 1 is 1.32 bits per heavy atom. The highest BCUT2D eigenvalue weighted by Crippen LogP contribution is 2.38. The molecular weight excluding hydrogens is 392 g/mol. The van der Waals surface area contributed by atoms with Crippen LogP contribution in [0.25, 0.3) is 0 Å². The highest BCUT2D eigenvalue weighted by atomic mass is 16.5. The first kappa shape index (κ1) is 24.2. The van der Waals surface area contributed by atoms with E-state index in [2.05, 4.69) is 30.3 Å². The van der Waals surface area contributed by atoms with E-state index < -0.39 is 11.7 Å². The number of nitrogens with one attached hydrogen (secondary N) is 1. The fourth-order valence-electron chi connectivity index (χ4n) is 4.48. The van der Waals surface area contributed by atoms with Crippen molar-refractivity contribution in [3.63, 3.8) is 0 Å². The van der Waals surface area contributed by atoms with E-state index in [1.165, 1.54) is 12.8 Å². The fourth-order valence-corrected chi connectivity index (χ4v) is 4.48. The van der Waals surface area contributed by atoms with Gasteiger partial charge in [-0.3, -0.25) is 9.69 Å². The average molecular weight is 433 g/mol. The van der Waals surface area contributed by atoms with Gasteiger partial charge in [-0.15, -0.1) is 0 Å². The molecule has 0 radical (unpaired) electrons. The number of benzene rings is 1. The van der Waals surface area contributed by atoms with E-state index in [4.69, 9.17) is 9.84 Å². The molecule has 0 aliphatic heterocycles. The molecule has 3 N–H and O–H groups in total. The largest absolute Gasteiger partial charge is 0.396 e. The first-order valence-corrected chi connectivity index (χ1v) is 11.8. The van der Waals surface area contributed by atoms with E-state index in [0.717, 1.165) is 42.1 Å². The lowest BCUT2D eigenvalue weighted by molar-refractivity contribution is -0.0660. The summed E-state index contributed by atoms with van der Waals surface area (Å²) in [4.78, 5) is 15.5. The van der Waals surface area contributed by atoms with Crippen LogP contribution in [0.5, 0.6) is 0 Å². The topological polar surface area (TPSA) is 82.0 Å². The minimum atomic E-state index is -0.655. The van der Waals surface area contributed by atoms with Crippen molar-refractivity contribution in [2.45, 2.75) is 76.5 Å². The van der Waals surface area contributed by atoms with E-state index in [-0.39, 0.29) is 25.0 Å². The number of aliphatic hydroxyl groups is 2. The number of rotatable bonds is 12. The van der Waals surface area contributed by atoms with Crippen molar-refractivity contribution in [2.24, 2.45) is 5.92 Å². The van der Waals surface area contributed by atoms with Gasteiger partial charge in [0.2, 0.25) is 0 Å². The van der Waals surface area contributed by atoms with Gasteiger partial charge in [-0.1, -0.05) is 6.92 Å². The van der Waals surface area contributed by atoms with E-state index in [0.29, 0.717) is 18.9 Å². The molecule has 1 aromatic rings. The SMILES string of the molecule is CCC1CC(N(C)CC2CC2)C(=O)c2ccc(NCC(O)COC(C)(C)CCO)cc21. The number of carbonyl (C=O) groups is 1. The lowest BCUT2D eigenvalue weighted by Crippen LogP contribution is -2.43. The molecule has 6 nitrogen and oxygen atoms in total. The number of Topliss-reactive ketones (excluding diaryl/α,β-unsaturated/α-hetero) is 1. The van der Waals surface area contributed by atoms with Gasteiger partial charge < -0.3 is 20.3 Å². The maximum Gasteiger partial charge on any atom is 0.180 e. The van der Waals surface area contributed by atoms with Gasteiger partial charge in [-0.2, -0.15) is 0 Å². The van der Waals surface area contributed by atoms with E-state index in [1.807, 2.05) is 26.0 Å². The molecule has 1 saturated carbocycles. The van der Waals surface area contributed by atoms with Gasteiger partial charge in [0.15, 0.2) is 5.78 Å². The summed E-state index contributed by atoms with van der Waals surface area (Å²) >= 11 is 0. The zero-order chi connectivity index (χ0) is 22.6. The number of ketones is 1. The molecule has 3 atom stereocenters. The minimum Gasteiger partial charge on any atom is -0.396 e. The molecule has 2 aliphatic rings. The van der Waals surface area contributed by atoms with Crippen LogP contribution in [0.3, 0.4) is 0 Å². The van der Waals surface area contributed by atoms with Crippen LogP contribution < -0.4 is 5.32 Å². The van der Waals surface area contributed by atoms with Gasteiger partial charge in [0.05, 0.1) is 24.4 Å². The van der Waals surface area contributed by atoms with Crippen LogP contribution in [-0.4, -0.2) is 72.0 Å². The van der Waals surface area contributed by atoms with Crippen molar-refractivity contribution < 1.29 is 19.7 Å². The molecule has 3 rings (SSSR count). The Morgan fingerprint density at radius 2 is 2.06 bits per heavy atom. The second-order valence-electron chi connectivity index (χ2n) is 9.98. The molecule has 31 heavy (non-hydrogen) atoms. The van der Waals surface area contributed by atoms with Gasteiger partial charge in [0, 0.05) is 30.9 Å². The molecule has 0 bridgehead atoms. The quantitative estimate of drug-likeness (QED) is 0.469. The average Bonchev–Trinajstić information content (AvgIpc) is 3.55. The Balaban J connectivity index is 1.61. The molecule has 0 saturated heterocycles. The van der Waals surface area contributed by atoms with E-state index in [9.17, 15) is 9.90 Å². The lowest BCUT2D eigenvalue weighted by atomic mass is 9.77. The van der Waals surface area contributed by atoms with Crippen molar-refractivity contribution in [3.05, 3.63) is 29.3 Å². The van der Waals surface area contributed by atoms with Crippen molar-refractivity contribution in [1.29, 1.82) is 0 Å². The molecule has 1 fully saturated rings. The van der Waals surface area contributed by atoms with Crippen LogP contribution in [0, 0.1) is 5.92 Å². The Kier molecular flexibility index (Phi) is 8.14. The molecule has 0 heterocycles. The molecule has 1 aromatic carbocycles. The predicted molar refractivity (Wildman–Crippen MR) is 124 cm³/mol. The minimum absolute atomic E-state index is 0.0156. The summed E-state index contributed by atoms with van der Waals surface area (Å²) in [7, 11) is 2.10. The van der Waals surface area contributed by atoms with Crippen molar-refractivity contribution in [1.82, 2.24) is 4.90 Å². The van der Waals surface area contributed by atoms with Crippen molar-refractivity contribution in [2.75, 3.05) is 38.7 Å². The smallest absolute Gasteiger partial charge is 0.180 e. The number of nitrogens with zero attached hydrogens (tertiary/aromatic N) is 1. The number of likely N-dealkylation sites (N-methyl/N-ethyl adjacent to an activating group) is 1. The molecule has 0 spiro atoms.